The van der Waals surface area contributed by atoms with E-state index in [4.69, 9.17) is 0 Å². The molecule has 0 bridgehead atoms. The minimum Gasteiger partial charge on any atom is -0.309 e. The van der Waals surface area contributed by atoms with E-state index in [1.54, 1.807) is 0 Å². The number of likely N-dealkylation sites (N-methyl/N-ethyl adjacent to an activating group) is 1. The summed E-state index contributed by atoms with van der Waals surface area (Å²) in [7, 11) is 2.30. The van der Waals surface area contributed by atoms with Gasteiger partial charge in [-0.15, -0.1) is 0 Å². The molecule has 284 valence electrons. The predicted molar refractivity (Wildman–Crippen MR) is 239 cm³/mol. The van der Waals surface area contributed by atoms with Gasteiger partial charge in [0.2, 0.25) is 0 Å². The second kappa shape index (κ2) is 13.6. The molecular weight excluding hydrogens is 721 g/mol. The van der Waals surface area contributed by atoms with E-state index in [-0.39, 0.29) is 18.5 Å². The Hall–Kier alpha value is -6.83. The van der Waals surface area contributed by atoms with Crippen molar-refractivity contribution >= 4 is 28.0 Å². The van der Waals surface area contributed by atoms with Crippen molar-refractivity contribution in [2.75, 3.05) is 11.9 Å². The fourth-order valence-electron chi connectivity index (χ4n) is 10.2. The number of benzene rings is 6. The van der Waals surface area contributed by atoms with Crippen LogP contribution in [0.2, 0.25) is 0 Å². The van der Waals surface area contributed by atoms with Gasteiger partial charge in [-0.1, -0.05) is 133 Å². The molecule has 12 rings (SSSR count). The van der Waals surface area contributed by atoms with E-state index in [2.05, 4.69) is 218 Å². The molecule has 5 atom stereocenters. The van der Waals surface area contributed by atoms with E-state index in [0.29, 0.717) is 0 Å². The first-order valence-electron chi connectivity index (χ1n) is 20.7. The van der Waals surface area contributed by atoms with E-state index in [1.807, 2.05) is 12.4 Å². The Kier molecular flexibility index (Phi) is 7.91. The molecule has 3 unspecified atom stereocenters. The summed E-state index contributed by atoms with van der Waals surface area (Å²) < 4.78 is 2.39. The van der Waals surface area contributed by atoms with Gasteiger partial charge in [0.1, 0.15) is 18.5 Å². The predicted octanol–water partition coefficient (Wildman–Crippen LogP) is 12.6. The van der Waals surface area contributed by atoms with Gasteiger partial charge in [0.15, 0.2) is 0 Å². The number of allylic oxidation sites excluding steroid dienone is 3. The lowest BCUT2D eigenvalue weighted by Gasteiger charge is -2.32. The zero-order chi connectivity index (χ0) is 39.0. The zero-order valence-electron chi connectivity index (χ0n) is 32.8. The SMILES string of the molecule is CN1C(C2=CC=CCC2)[N@@]2C(c3ccccc3)[N@@]2C1c1cccc(-c2cccc(N3c4ccccc4-c4c(n(-c5ccccc5)c5cnccc45)-c4ccccc43)c2)c1. The van der Waals surface area contributed by atoms with Crippen LogP contribution in [-0.2, 0) is 0 Å². The van der Waals surface area contributed by atoms with Gasteiger partial charge < -0.3 is 9.47 Å². The minimum absolute atomic E-state index is 0.114. The maximum absolute atomic E-state index is 4.62. The first kappa shape index (κ1) is 34.2. The van der Waals surface area contributed by atoms with Crippen LogP contribution in [0.25, 0.3) is 50.1 Å². The molecule has 0 saturated carbocycles. The van der Waals surface area contributed by atoms with E-state index in [0.717, 1.165) is 41.1 Å². The molecule has 2 saturated heterocycles. The van der Waals surface area contributed by atoms with Crippen molar-refractivity contribution in [2.45, 2.75) is 31.3 Å². The van der Waals surface area contributed by atoms with Gasteiger partial charge >= 0.3 is 0 Å². The number of hydrogen-bond donors (Lipinski definition) is 0. The molecule has 59 heavy (non-hydrogen) atoms. The first-order valence-corrected chi connectivity index (χ1v) is 20.7. The fraction of sp³-hybridized carbons (Fsp3) is 0.113. The van der Waals surface area contributed by atoms with Crippen LogP contribution in [0.3, 0.4) is 0 Å². The molecule has 0 radical (unpaired) electrons. The molecule has 0 spiro atoms. The van der Waals surface area contributed by atoms with Crippen molar-refractivity contribution in [3.63, 3.8) is 0 Å². The number of hydrogen-bond acceptors (Lipinski definition) is 5. The van der Waals surface area contributed by atoms with Crippen molar-refractivity contribution in [3.05, 3.63) is 211 Å². The standard InChI is InChI=1S/C53H42N6/c1-55-51(36-17-5-2-6-18-36)58-53(37-19-7-3-8-20-37)59(58)52(55)40-23-15-21-38(33-40)39-22-16-26-42(34-39)56-46-29-13-11-27-43(46)49-44-31-32-54-35-48(44)57(41-24-9-4-10-25-41)50(49)45-28-12-14-30-47(45)56/h2-5,7-17,19-35,51-53H,6,18H2,1H3/t51?,52?,53?,58-,59+/m0/s1. The van der Waals surface area contributed by atoms with Crippen LogP contribution in [0, 0.1) is 0 Å². The molecule has 3 aliphatic heterocycles. The summed E-state index contributed by atoms with van der Waals surface area (Å²) in [5, 5.41) is 6.35. The van der Waals surface area contributed by atoms with Crippen LogP contribution in [0.4, 0.5) is 17.1 Å². The highest BCUT2D eigenvalue weighted by Gasteiger charge is 2.63. The van der Waals surface area contributed by atoms with Gasteiger partial charge in [-0.25, -0.2) is 0 Å². The normalized spacial score (nSPS) is 21.6. The second-order valence-corrected chi connectivity index (χ2v) is 16.0. The van der Waals surface area contributed by atoms with Crippen LogP contribution in [0.15, 0.2) is 200 Å². The third-order valence-electron chi connectivity index (χ3n) is 12.7. The highest BCUT2D eigenvalue weighted by Crippen LogP contribution is 2.59. The molecule has 2 aromatic heterocycles. The summed E-state index contributed by atoms with van der Waals surface area (Å²) in [6.07, 6.45) is 13.6. The van der Waals surface area contributed by atoms with Crippen LogP contribution < -0.4 is 4.90 Å². The Bertz CT molecular complexity index is 2970. The molecule has 6 nitrogen and oxygen atoms in total. The molecule has 4 aliphatic rings. The molecule has 6 heteroatoms. The lowest BCUT2D eigenvalue weighted by molar-refractivity contribution is 0.161. The number of aromatic nitrogens is 2. The lowest BCUT2D eigenvalue weighted by Crippen LogP contribution is -2.37. The van der Waals surface area contributed by atoms with E-state index in [1.165, 1.54) is 55.6 Å². The van der Waals surface area contributed by atoms with E-state index < -0.39 is 0 Å². The van der Waals surface area contributed by atoms with Gasteiger partial charge in [0, 0.05) is 39.6 Å². The van der Waals surface area contributed by atoms with Crippen molar-refractivity contribution in [3.8, 4) is 39.2 Å². The fourth-order valence-corrected chi connectivity index (χ4v) is 10.2. The molecule has 0 amide bonds. The summed E-state index contributed by atoms with van der Waals surface area (Å²) >= 11 is 0. The van der Waals surface area contributed by atoms with Crippen LogP contribution in [-0.4, -0.2) is 37.7 Å². The Balaban J connectivity index is 0.979. The summed E-state index contributed by atoms with van der Waals surface area (Å²) in [5.74, 6) is 0. The van der Waals surface area contributed by atoms with Crippen LogP contribution >= 0.6 is 0 Å². The third-order valence-corrected chi connectivity index (χ3v) is 12.7. The van der Waals surface area contributed by atoms with Crippen molar-refractivity contribution in [1.29, 1.82) is 0 Å². The van der Waals surface area contributed by atoms with Gasteiger partial charge in [0.25, 0.3) is 0 Å². The van der Waals surface area contributed by atoms with Crippen LogP contribution in [0.5, 0.6) is 0 Å². The number of rotatable bonds is 6. The van der Waals surface area contributed by atoms with E-state index in [9.17, 15) is 0 Å². The molecular formula is C53H42N6. The number of hydrazine groups is 1. The largest absolute Gasteiger partial charge is 0.309 e. The Morgan fingerprint density at radius 3 is 2.03 bits per heavy atom. The maximum Gasteiger partial charge on any atom is 0.119 e. The van der Waals surface area contributed by atoms with Crippen molar-refractivity contribution in [1.82, 2.24) is 24.5 Å². The Morgan fingerprint density at radius 2 is 1.24 bits per heavy atom. The highest BCUT2D eigenvalue weighted by atomic mass is 16.0. The highest BCUT2D eigenvalue weighted by molar-refractivity contribution is 6.12. The Morgan fingerprint density at radius 1 is 0.576 bits per heavy atom. The molecule has 1 aliphatic carbocycles. The number of pyridine rings is 1. The molecule has 0 N–H and O–H groups in total. The smallest absolute Gasteiger partial charge is 0.119 e. The van der Waals surface area contributed by atoms with Crippen molar-refractivity contribution in [2.24, 2.45) is 0 Å². The average molecular weight is 763 g/mol. The summed E-state index contributed by atoms with van der Waals surface area (Å²) in [4.78, 5) is 9.64. The number of anilines is 3. The average Bonchev–Trinajstić information content (AvgIpc) is 3.82. The first-order chi connectivity index (χ1) is 29.2. The maximum atomic E-state index is 4.62. The van der Waals surface area contributed by atoms with Gasteiger partial charge in [-0.05, 0) is 96.2 Å². The topological polar surface area (TPSA) is 30.3 Å². The van der Waals surface area contributed by atoms with Gasteiger partial charge in [0.05, 0.1) is 28.8 Å². The summed E-state index contributed by atoms with van der Waals surface area (Å²) in [5.41, 5.74) is 16.9. The zero-order valence-corrected chi connectivity index (χ0v) is 32.8. The van der Waals surface area contributed by atoms with Crippen molar-refractivity contribution < 1.29 is 0 Å². The number of para-hydroxylation sites is 3. The van der Waals surface area contributed by atoms with E-state index >= 15 is 0 Å². The second-order valence-electron chi connectivity index (χ2n) is 16.0. The van der Waals surface area contributed by atoms with Crippen LogP contribution in [0.1, 0.15) is 36.3 Å². The minimum atomic E-state index is 0.114. The summed E-state index contributed by atoms with van der Waals surface area (Å²) in [6.45, 7) is 0. The quantitative estimate of drug-likeness (QED) is 0.157. The monoisotopic (exact) mass is 762 g/mol. The van der Waals surface area contributed by atoms with Gasteiger partial charge in [-0.3, -0.25) is 9.88 Å². The summed E-state index contributed by atoms with van der Waals surface area (Å²) in [6, 6.07) is 59.9. The third kappa shape index (κ3) is 5.34. The van der Waals surface area contributed by atoms with Gasteiger partial charge in [-0.2, -0.15) is 10.0 Å². The molecule has 8 aromatic rings. The molecule has 6 aromatic carbocycles. The number of fused-ring (bicyclic) bond motifs is 8. The molecule has 2 fully saturated rings. The lowest BCUT2D eigenvalue weighted by atomic mass is 9.98. The Labute approximate surface area is 344 Å². The molecule has 5 heterocycles. The number of nitrogens with zero attached hydrogens (tertiary/aromatic N) is 6.